The van der Waals surface area contributed by atoms with Gasteiger partial charge in [0.25, 0.3) is 0 Å². The third kappa shape index (κ3) is 8.37. The van der Waals surface area contributed by atoms with Gasteiger partial charge in [0.05, 0.1) is 13.2 Å². The van der Waals surface area contributed by atoms with Gasteiger partial charge in [-0.2, -0.15) is 0 Å². The van der Waals surface area contributed by atoms with Crippen LogP contribution in [0.1, 0.15) is 41.5 Å². The van der Waals surface area contributed by atoms with Gasteiger partial charge in [0, 0.05) is 70.0 Å². The molecule has 0 bridgehead atoms. The molecule has 0 radical (unpaired) electrons. The number of β-amino-alcohol motifs (C(OH)–C–C–N with tert-alkyl or cyclic N) is 1. The molecule has 0 amide bonds. The first kappa shape index (κ1) is 23.4. The fourth-order valence-electron chi connectivity index (χ4n) is 3.49. The fourth-order valence-corrected chi connectivity index (χ4v) is 3.49. The van der Waals surface area contributed by atoms with Gasteiger partial charge in [-0.3, -0.25) is 19.6 Å². The van der Waals surface area contributed by atoms with Crippen LogP contribution in [0, 0.1) is 12.3 Å². The molecule has 2 rings (SSSR count). The molecule has 5 heteroatoms. The topological polar surface area (TPSA) is 33.2 Å². The van der Waals surface area contributed by atoms with Crippen molar-refractivity contribution < 1.29 is 5.11 Å². The zero-order valence-electron chi connectivity index (χ0n) is 18.1. The lowest BCUT2D eigenvalue weighted by Crippen LogP contribution is -2.53. The first-order valence-electron chi connectivity index (χ1n) is 10.1. The van der Waals surface area contributed by atoms with E-state index >= 15 is 0 Å². The van der Waals surface area contributed by atoms with Crippen LogP contribution in [0.3, 0.4) is 0 Å². The van der Waals surface area contributed by atoms with Crippen LogP contribution in [0.4, 0.5) is 0 Å². The van der Waals surface area contributed by atoms with E-state index in [0.29, 0.717) is 11.1 Å². The van der Waals surface area contributed by atoms with Gasteiger partial charge in [0.1, 0.15) is 0 Å². The third-order valence-corrected chi connectivity index (χ3v) is 5.37. The van der Waals surface area contributed by atoms with Gasteiger partial charge in [-0.1, -0.05) is 5.92 Å². The molecule has 0 saturated carbocycles. The van der Waals surface area contributed by atoms with E-state index in [4.69, 9.17) is 11.5 Å². The summed E-state index contributed by atoms with van der Waals surface area (Å²) in [6, 6.07) is 0. The van der Waals surface area contributed by atoms with Crippen LogP contribution in [-0.4, -0.2) is 108 Å². The Balaban J connectivity index is 0.000000260. The van der Waals surface area contributed by atoms with Gasteiger partial charge >= 0.3 is 0 Å². The Morgan fingerprint density at radius 1 is 0.731 bits per heavy atom. The number of piperazine rings is 2. The number of terminal acetylenes is 1. The fraction of sp³-hybridized carbons (Fsp3) is 0.905. The van der Waals surface area contributed by atoms with Crippen LogP contribution in [0.25, 0.3) is 0 Å². The molecule has 2 aliphatic heterocycles. The Bertz CT molecular complexity index is 417. The minimum Gasteiger partial charge on any atom is -0.395 e. The van der Waals surface area contributed by atoms with Crippen molar-refractivity contribution in [1.82, 2.24) is 19.6 Å². The van der Waals surface area contributed by atoms with Crippen molar-refractivity contribution in [3.05, 3.63) is 0 Å². The van der Waals surface area contributed by atoms with Gasteiger partial charge in [-0.15, -0.1) is 6.42 Å². The van der Waals surface area contributed by atoms with Crippen molar-refractivity contribution in [3.8, 4) is 12.3 Å². The van der Waals surface area contributed by atoms with Crippen molar-refractivity contribution in [2.45, 2.75) is 52.6 Å². The van der Waals surface area contributed by atoms with E-state index in [1.807, 2.05) is 0 Å². The third-order valence-electron chi connectivity index (χ3n) is 5.37. The Hall–Kier alpha value is -0.640. The van der Waals surface area contributed by atoms with Crippen molar-refractivity contribution in [2.75, 3.05) is 72.1 Å². The first-order valence-corrected chi connectivity index (χ1v) is 10.1. The van der Waals surface area contributed by atoms with E-state index < -0.39 is 0 Å². The largest absolute Gasteiger partial charge is 0.395 e. The Labute approximate surface area is 162 Å². The average molecular weight is 367 g/mol. The summed E-state index contributed by atoms with van der Waals surface area (Å²) >= 11 is 0. The molecule has 0 unspecified atom stereocenters. The Morgan fingerprint density at radius 2 is 1.12 bits per heavy atom. The molecule has 0 spiro atoms. The summed E-state index contributed by atoms with van der Waals surface area (Å²) in [4.78, 5) is 9.67. The lowest BCUT2D eigenvalue weighted by molar-refractivity contribution is 0.0547. The predicted octanol–water partition coefficient (Wildman–Crippen LogP) is 1.43. The molecular formula is C21H42N4O. The maximum atomic E-state index is 8.79. The highest BCUT2D eigenvalue weighted by atomic mass is 16.3. The number of hydrogen-bond acceptors (Lipinski definition) is 5. The highest BCUT2D eigenvalue weighted by molar-refractivity contribution is 4.91. The number of aliphatic hydroxyl groups excluding tert-OH is 1. The zero-order chi connectivity index (χ0) is 19.8. The second kappa shape index (κ2) is 10.6. The molecule has 0 aromatic carbocycles. The maximum Gasteiger partial charge on any atom is 0.0599 e. The molecular weight excluding hydrogens is 324 g/mol. The van der Waals surface area contributed by atoms with Crippen LogP contribution < -0.4 is 0 Å². The SMILES string of the molecule is C#CCN1CCN(C(C)(C)C)CC1.CC(C)(C)N1CCN(CCO)CC1. The molecule has 152 valence electrons. The van der Waals surface area contributed by atoms with Crippen LogP contribution in [-0.2, 0) is 0 Å². The van der Waals surface area contributed by atoms with Gasteiger partial charge in [0.2, 0.25) is 0 Å². The highest BCUT2D eigenvalue weighted by Gasteiger charge is 2.26. The first-order chi connectivity index (χ1) is 12.1. The lowest BCUT2D eigenvalue weighted by atomic mass is 10.1. The molecule has 0 aliphatic carbocycles. The summed E-state index contributed by atoms with van der Waals surface area (Å²) in [5.74, 6) is 2.70. The van der Waals surface area contributed by atoms with E-state index in [-0.39, 0.29) is 6.61 Å². The standard InChI is InChI=1S/C11H20N2.C10H22N2O/c1-5-6-12-7-9-13(10-8-12)11(2,3)4;1-10(2,3)12-6-4-11(5-7-12)8-9-13/h1H,6-10H2,2-4H3;13H,4-9H2,1-3H3. The molecule has 2 fully saturated rings. The van der Waals surface area contributed by atoms with Crippen LogP contribution in [0.2, 0.25) is 0 Å². The van der Waals surface area contributed by atoms with E-state index in [1.54, 1.807) is 0 Å². The van der Waals surface area contributed by atoms with Gasteiger partial charge in [0.15, 0.2) is 0 Å². The van der Waals surface area contributed by atoms with E-state index in [0.717, 1.165) is 65.4 Å². The van der Waals surface area contributed by atoms with Crippen molar-refractivity contribution >= 4 is 0 Å². The van der Waals surface area contributed by atoms with Gasteiger partial charge in [-0.25, -0.2) is 0 Å². The molecule has 26 heavy (non-hydrogen) atoms. The van der Waals surface area contributed by atoms with E-state index in [2.05, 4.69) is 67.1 Å². The summed E-state index contributed by atoms with van der Waals surface area (Å²) in [6.07, 6.45) is 5.27. The molecule has 5 nitrogen and oxygen atoms in total. The Kier molecular flexibility index (Phi) is 9.57. The highest BCUT2D eigenvalue weighted by Crippen LogP contribution is 2.16. The van der Waals surface area contributed by atoms with Crippen molar-refractivity contribution in [1.29, 1.82) is 0 Å². The Morgan fingerprint density at radius 3 is 1.42 bits per heavy atom. The lowest BCUT2D eigenvalue weighted by Gasteiger charge is -2.42. The second-order valence-electron chi connectivity index (χ2n) is 9.36. The minimum atomic E-state index is 0.287. The normalized spacial score (nSPS) is 21.8. The number of nitrogens with zero attached hydrogens (tertiary/aromatic N) is 4. The van der Waals surface area contributed by atoms with Crippen LogP contribution in [0.5, 0.6) is 0 Å². The molecule has 0 atom stereocenters. The molecule has 1 N–H and O–H groups in total. The van der Waals surface area contributed by atoms with Gasteiger partial charge < -0.3 is 5.11 Å². The summed E-state index contributed by atoms with van der Waals surface area (Å²) in [7, 11) is 0. The van der Waals surface area contributed by atoms with Crippen molar-refractivity contribution in [2.24, 2.45) is 0 Å². The minimum absolute atomic E-state index is 0.287. The van der Waals surface area contributed by atoms with Crippen molar-refractivity contribution in [3.63, 3.8) is 0 Å². The number of hydrogen-bond donors (Lipinski definition) is 1. The monoisotopic (exact) mass is 366 g/mol. The number of rotatable bonds is 3. The molecule has 2 aliphatic rings. The quantitative estimate of drug-likeness (QED) is 0.764. The summed E-state index contributed by atoms with van der Waals surface area (Å²) in [6.45, 7) is 24.5. The molecule has 0 aromatic rings. The van der Waals surface area contributed by atoms with Crippen LogP contribution in [0.15, 0.2) is 0 Å². The number of aliphatic hydroxyl groups is 1. The second-order valence-corrected chi connectivity index (χ2v) is 9.36. The van der Waals surface area contributed by atoms with E-state index in [1.165, 1.54) is 0 Å². The smallest absolute Gasteiger partial charge is 0.0599 e. The summed E-state index contributed by atoms with van der Waals surface area (Å²) in [5, 5.41) is 8.79. The van der Waals surface area contributed by atoms with E-state index in [9.17, 15) is 0 Å². The summed E-state index contributed by atoms with van der Waals surface area (Å²) in [5.41, 5.74) is 0.605. The maximum absolute atomic E-state index is 8.79. The predicted molar refractivity (Wildman–Crippen MR) is 111 cm³/mol. The molecule has 0 aromatic heterocycles. The van der Waals surface area contributed by atoms with Gasteiger partial charge in [-0.05, 0) is 41.5 Å². The molecule has 2 heterocycles. The van der Waals surface area contributed by atoms with Crippen LogP contribution >= 0.6 is 0 Å². The summed E-state index contributed by atoms with van der Waals surface area (Å²) < 4.78 is 0. The average Bonchev–Trinajstić information content (AvgIpc) is 2.55. The zero-order valence-corrected chi connectivity index (χ0v) is 18.1. The molecule has 2 saturated heterocycles.